The lowest BCUT2D eigenvalue weighted by Crippen LogP contribution is -2.29. The van der Waals surface area contributed by atoms with Gasteiger partial charge in [0.05, 0.1) is 79.6 Å². The van der Waals surface area contributed by atoms with Crippen LogP contribution >= 0.6 is 6.49 Å². The van der Waals surface area contributed by atoms with E-state index in [1.165, 1.54) is 35.3 Å². The van der Waals surface area contributed by atoms with E-state index in [9.17, 15) is 15.3 Å². The molecule has 7 aliphatic rings. The lowest BCUT2D eigenvalue weighted by Gasteiger charge is -2.39. The molecule has 9 aromatic carbocycles. The van der Waals surface area contributed by atoms with Crippen molar-refractivity contribution in [3.8, 4) is 69.0 Å². The van der Waals surface area contributed by atoms with E-state index in [1.54, 1.807) is 118 Å². The van der Waals surface area contributed by atoms with E-state index in [-0.39, 0.29) is 41.1 Å². The van der Waals surface area contributed by atoms with Crippen LogP contribution in [0.2, 0.25) is 0 Å². The molecule has 550 valence electrons. The van der Waals surface area contributed by atoms with E-state index in [2.05, 4.69) is 93.6 Å². The van der Waals surface area contributed by atoms with Crippen LogP contribution in [-0.2, 0) is 31.1 Å². The highest BCUT2D eigenvalue weighted by Gasteiger charge is 2.33. The molecule has 0 amide bonds. The van der Waals surface area contributed by atoms with Gasteiger partial charge in [-0.25, -0.2) is 14.3 Å². The van der Waals surface area contributed by atoms with Crippen molar-refractivity contribution in [3.63, 3.8) is 0 Å². The number of ether oxygens (including phenoxy) is 9. The molecule has 0 unspecified atom stereocenters. The lowest BCUT2D eigenvalue weighted by atomic mass is 9.94. The first-order valence-corrected chi connectivity index (χ1v) is 37.6. The van der Waals surface area contributed by atoms with Gasteiger partial charge < -0.3 is 63.1 Å². The maximum absolute atomic E-state index is 11.5. The van der Waals surface area contributed by atoms with Gasteiger partial charge in [-0.3, -0.25) is 0 Å². The van der Waals surface area contributed by atoms with E-state index < -0.39 is 6.49 Å². The molecule has 0 aromatic heterocycles. The van der Waals surface area contributed by atoms with Gasteiger partial charge in [-0.15, -0.1) is 0 Å². The van der Waals surface area contributed by atoms with Gasteiger partial charge in [0.1, 0.15) is 0 Å². The largest absolute Gasteiger partial charge is 0.504 e. The molecular formula is C83H99N6O13PS. The Bertz CT molecular complexity index is 3870. The molecule has 16 bridgehead atoms. The monoisotopic (exact) mass is 1450 g/mol. The minimum absolute atomic E-state index is 0.0971. The fourth-order valence-corrected chi connectivity index (χ4v) is 13.2. The molecule has 1 aliphatic carbocycles. The molecule has 0 spiro atoms. The van der Waals surface area contributed by atoms with Crippen molar-refractivity contribution in [1.82, 2.24) is 14.3 Å². The van der Waals surface area contributed by atoms with Crippen LogP contribution in [0, 0.1) is 20.8 Å². The molecule has 4 N–H and O–H groups in total. The van der Waals surface area contributed by atoms with Crippen LogP contribution in [0.25, 0.3) is 0 Å². The Kier molecular flexibility index (Phi) is 31.3. The van der Waals surface area contributed by atoms with Gasteiger partial charge >= 0.3 is 0 Å². The topological polar surface area (TPSA) is 211 Å². The molecule has 19 nitrogen and oxygen atoms in total. The molecule has 104 heavy (non-hydrogen) atoms. The highest BCUT2D eigenvalue weighted by Crippen LogP contribution is 2.55. The molecule has 0 saturated heterocycles. The molecule has 16 rings (SSSR count). The number of aliphatic hydroxyl groups excluding tert-OH is 1. The smallest absolute Gasteiger partial charge is 0.265 e. The summed E-state index contributed by atoms with van der Waals surface area (Å²) in [6, 6.07) is 58.8. The zero-order valence-electron chi connectivity index (χ0n) is 61.4. The normalized spacial score (nSPS) is 15.4. The van der Waals surface area contributed by atoms with Gasteiger partial charge in [0, 0.05) is 44.4 Å². The third kappa shape index (κ3) is 22.8. The standard InChI is InChI=1S/C60H69N6O12PS.3C7H8.C2H6O/c1-64-61-37-40-16-13-19-49(58(40)67)73-22-7-10-25-76-55-34-46-28-44-32-53(71-5)57-36-48(44)30-45-33-54(72-6)56(35-47(45)29-43(46)31-52(55)70-4)77-26-11-8-23-74-50-20-14-17-41(59(50)68)38-62-65(2)79(64,80)66(3)63-39-42-18-15-21-51(60(42)69)75-24-9-12-27-78-57;3*1-7-5-3-2-4-6-7;1-2-3/h13-21,31-39,67-69H,7-12,22-30H2,1-6H3;3*2-6H,1H3;3H,2H2,1H3/b61-37+,62-38+,63-39+;;;;. The van der Waals surface area contributed by atoms with Crippen LogP contribution in [0.1, 0.15) is 112 Å². The minimum Gasteiger partial charge on any atom is -0.504 e. The van der Waals surface area contributed by atoms with E-state index in [4.69, 9.17) is 74.8 Å². The van der Waals surface area contributed by atoms with E-state index in [0.717, 1.165) is 33.4 Å². The number of hydrazone groups is 3. The van der Waals surface area contributed by atoms with Crippen molar-refractivity contribution >= 4 is 36.9 Å². The summed E-state index contributed by atoms with van der Waals surface area (Å²) in [5.74, 6) is 4.27. The van der Waals surface area contributed by atoms with Gasteiger partial charge in [-0.1, -0.05) is 126 Å². The number of phenolic OH excluding ortho intramolecular Hbond substituents is 3. The SMILES string of the molecule is CCO.COc1cc2c3cc1OCCCCOc1cccc(c1O)/C=N/N(C)P1(=S)N(C)/N=C/c4cccc(c4O)OCCCCOc4cc(c(cc4OC)C3)Cc3cc(OC)c(cc3C2)OCCCCOc2cccc(c2O)/C=N/N1C.Cc1ccccc1.Cc1ccccc1.Cc1ccccc1. The number of benzene rings is 9. The summed E-state index contributed by atoms with van der Waals surface area (Å²) in [5.41, 5.74) is 11.5. The second kappa shape index (κ2) is 41.0. The summed E-state index contributed by atoms with van der Waals surface area (Å²) < 4.78 is 60.6. The molecule has 0 radical (unpaired) electrons. The fourth-order valence-electron chi connectivity index (χ4n) is 11.1. The van der Waals surface area contributed by atoms with Crippen LogP contribution in [0.15, 0.2) is 197 Å². The van der Waals surface area contributed by atoms with Crippen molar-refractivity contribution in [1.29, 1.82) is 0 Å². The summed E-state index contributed by atoms with van der Waals surface area (Å²) in [4.78, 5) is 0. The number of aliphatic hydroxyl groups is 1. The van der Waals surface area contributed by atoms with Crippen molar-refractivity contribution in [3.05, 3.63) is 249 Å². The predicted molar refractivity (Wildman–Crippen MR) is 419 cm³/mol. The zero-order chi connectivity index (χ0) is 74.2. The summed E-state index contributed by atoms with van der Waals surface area (Å²) in [5, 5.41) is 56.3. The third-order valence-corrected chi connectivity index (χ3v) is 21.6. The quantitative estimate of drug-likeness (QED) is 0.121. The Labute approximate surface area is 618 Å². The van der Waals surface area contributed by atoms with Gasteiger partial charge in [0.2, 0.25) is 0 Å². The number of phenols is 3. The van der Waals surface area contributed by atoms with Crippen LogP contribution in [0.5, 0.6) is 69.0 Å². The molecule has 0 saturated carbocycles. The number of aromatic hydroxyl groups is 3. The van der Waals surface area contributed by atoms with E-state index >= 15 is 0 Å². The van der Waals surface area contributed by atoms with E-state index in [0.29, 0.717) is 149 Å². The van der Waals surface area contributed by atoms with Gasteiger partial charge in [0.15, 0.2) is 69.0 Å². The average molecular weight is 1450 g/mol. The second-order valence-electron chi connectivity index (χ2n) is 24.6. The number of aryl methyl sites for hydroxylation is 3. The Morgan fingerprint density at radius 3 is 0.817 bits per heavy atom. The first-order chi connectivity index (χ1) is 50.5. The fraction of sp³-hybridized carbons (Fsp3) is 0.313. The van der Waals surface area contributed by atoms with Crippen molar-refractivity contribution in [2.75, 3.05) is 88.7 Å². The van der Waals surface area contributed by atoms with Gasteiger partial charge in [-0.2, -0.15) is 15.3 Å². The highest BCUT2D eigenvalue weighted by molar-refractivity contribution is 8.11. The molecule has 21 heteroatoms. The zero-order valence-corrected chi connectivity index (χ0v) is 63.1. The number of fused-ring (bicyclic) bond motifs is 3. The van der Waals surface area contributed by atoms with Gasteiger partial charge in [-0.05, 0) is 203 Å². The Morgan fingerprint density at radius 1 is 0.365 bits per heavy atom. The Balaban J connectivity index is 0.000000481. The first kappa shape index (κ1) is 79.3. The maximum atomic E-state index is 11.5. The third-order valence-electron chi connectivity index (χ3n) is 16.9. The molecule has 6 aliphatic heterocycles. The molecule has 0 atom stereocenters. The van der Waals surface area contributed by atoms with Crippen molar-refractivity contribution in [2.45, 2.75) is 85.5 Å². The van der Waals surface area contributed by atoms with Crippen LogP contribution in [0.3, 0.4) is 0 Å². The number of rotatable bonds is 3. The lowest BCUT2D eigenvalue weighted by molar-refractivity contribution is 0.253. The molecule has 9 aromatic rings. The summed E-state index contributed by atoms with van der Waals surface area (Å²) in [6.07, 6.45) is 10.1. The average Bonchev–Trinajstić information content (AvgIpc) is 1.68. The Morgan fingerprint density at radius 2 is 0.596 bits per heavy atom. The number of para-hydroxylation sites is 3. The molecule has 6 heterocycles. The van der Waals surface area contributed by atoms with Crippen LogP contribution in [0.4, 0.5) is 0 Å². The summed E-state index contributed by atoms with van der Waals surface area (Å²) >= 11 is 6.46. The highest BCUT2D eigenvalue weighted by atomic mass is 32.4. The molecule has 0 fully saturated rings. The summed E-state index contributed by atoms with van der Waals surface area (Å²) in [7, 11) is 10.0. The predicted octanol–water partition coefficient (Wildman–Crippen LogP) is 16.7. The summed E-state index contributed by atoms with van der Waals surface area (Å²) in [6.45, 7) is 6.95. The first-order valence-electron chi connectivity index (χ1n) is 34.9. The number of nitrogens with zero attached hydrogens (tertiary/aromatic N) is 6. The van der Waals surface area contributed by atoms with Crippen LogP contribution < -0.4 is 42.6 Å². The second-order valence-corrected chi connectivity index (χ2v) is 28.9. The minimum atomic E-state index is -3.31. The molecular weight excluding hydrogens is 1350 g/mol. The number of hydrogen-bond donors (Lipinski definition) is 4. The number of methoxy groups -OCH3 is 3. The number of hydrogen-bond acceptors (Lipinski definition) is 17. The van der Waals surface area contributed by atoms with Gasteiger partial charge in [0.25, 0.3) is 6.49 Å². The van der Waals surface area contributed by atoms with Crippen molar-refractivity contribution < 1.29 is 63.1 Å². The van der Waals surface area contributed by atoms with Crippen LogP contribution in [-0.4, -0.2) is 142 Å². The van der Waals surface area contributed by atoms with Crippen molar-refractivity contribution in [2.24, 2.45) is 15.3 Å². The Hall–Kier alpha value is -10.4. The maximum Gasteiger partial charge on any atom is 0.265 e. The van der Waals surface area contributed by atoms with E-state index in [1.807, 2.05) is 54.6 Å².